The zero-order chi connectivity index (χ0) is 7.44. The second kappa shape index (κ2) is 2.75. The normalized spacial score (nSPS) is 8.11. The molecular formula is C3H4N2O4. The molecule has 0 fully saturated rings. The fourth-order valence-electron chi connectivity index (χ4n) is 0.277. The van der Waals surface area contributed by atoms with E-state index in [1.165, 1.54) is 6.92 Å². The standard InChI is InChI=1S/C3H4N2O4/c1-2-3(4(6)7)5(8)9/h2H,1H3. The van der Waals surface area contributed by atoms with Crippen molar-refractivity contribution in [2.75, 3.05) is 0 Å². The van der Waals surface area contributed by atoms with E-state index in [9.17, 15) is 20.2 Å². The van der Waals surface area contributed by atoms with Gasteiger partial charge in [-0.25, -0.2) is 0 Å². The third-order valence-electron chi connectivity index (χ3n) is 0.632. The van der Waals surface area contributed by atoms with E-state index in [1.807, 2.05) is 0 Å². The smallest absolute Gasteiger partial charge is 0.253 e. The van der Waals surface area contributed by atoms with Gasteiger partial charge in [-0.05, 0) is 6.92 Å². The van der Waals surface area contributed by atoms with E-state index in [-0.39, 0.29) is 0 Å². The van der Waals surface area contributed by atoms with Gasteiger partial charge in [0, 0.05) is 0 Å². The monoisotopic (exact) mass is 132 g/mol. The molecule has 0 N–H and O–H groups in total. The minimum atomic E-state index is -1.04. The van der Waals surface area contributed by atoms with Crippen LogP contribution >= 0.6 is 0 Å². The Kier molecular flexibility index (Phi) is 2.31. The van der Waals surface area contributed by atoms with Gasteiger partial charge in [-0.15, -0.1) is 0 Å². The lowest BCUT2D eigenvalue weighted by Gasteiger charge is -1.82. The summed E-state index contributed by atoms with van der Waals surface area (Å²) in [6.07, 6.45) is 0.833. The van der Waals surface area contributed by atoms with Gasteiger partial charge < -0.3 is 0 Å². The van der Waals surface area contributed by atoms with Crippen molar-refractivity contribution in [2.24, 2.45) is 0 Å². The molecule has 0 unspecified atom stereocenters. The van der Waals surface area contributed by atoms with Gasteiger partial charge in [0.05, 0.1) is 6.08 Å². The summed E-state index contributed by atoms with van der Waals surface area (Å²) >= 11 is 0. The average Bonchev–Trinajstić information content (AvgIpc) is 1.64. The minimum absolute atomic E-state index is 0.833. The lowest BCUT2D eigenvalue weighted by Crippen LogP contribution is -2.07. The van der Waals surface area contributed by atoms with Crippen LogP contribution in [0, 0.1) is 20.2 Å². The Morgan fingerprint density at radius 3 is 1.67 bits per heavy atom. The molecule has 0 rings (SSSR count). The van der Waals surface area contributed by atoms with Gasteiger partial charge in [-0.2, -0.15) is 0 Å². The average molecular weight is 132 g/mol. The number of hydrogen-bond donors (Lipinski definition) is 0. The molecule has 6 heteroatoms. The Labute approximate surface area is 50.1 Å². The maximum absolute atomic E-state index is 9.67. The molecule has 0 aromatic heterocycles. The highest BCUT2D eigenvalue weighted by Gasteiger charge is 2.21. The van der Waals surface area contributed by atoms with E-state index in [1.54, 1.807) is 0 Å². The molecule has 0 radical (unpaired) electrons. The molecule has 0 heterocycles. The molecule has 0 atom stereocenters. The molecule has 9 heavy (non-hydrogen) atoms. The van der Waals surface area contributed by atoms with Crippen molar-refractivity contribution in [1.82, 2.24) is 0 Å². The molecule has 0 amide bonds. The van der Waals surface area contributed by atoms with Gasteiger partial charge in [0.1, 0.15) is 9.85 Å². The van der Waals surface area contributed by atoms with Crippen molar-refractivity contribution in [2.45, 2.75) is 6.92 Å². The molecule has 0 aromatic rings. The summed E-state index contributed by atoms with van der Waals surface area (Å²) in [7, 11) is 0. The molecule has 0 aliphatic carbocycles. The first-order chi connectivity index (χ1) is 4.09. The highest BCUT2D eigenvalue weighted by atomic mass is 16.7. The molecular weight excluding hydrogens is 128 g/mol. The summed E-state index contributed by atoms with van der Waals surface area (Å²) < 4.78 is 0. The van der Waals surface area contributed by atoms with Crippen LogP contribution in [0.25, 0.3) is 0 Å². The van der Waals surface area contributed by atoms with E-state index < -0.39 is 15.7 Å². The predicted molar refractivity (Wildman–Crippen MR) is 27.7 cm³/mol. The Morgan fingerprint density at radius 2 is 1.67 bits per heavy atom. The van der Waals surface area contributed by atoms with Crippen molar-refractivity contribution in [3.8, 4) is 0 Å². The van der Waals surface area contributed by atoms with Crippen LogP contribution in [0.4, 0.5) is 0 Å². The van der Waals surface area contributed by atoms with Crippen LogP contribution in [0.3, 0.4) is 0 Å². The molecule has 0 saturated heterocycles. The largest absolute Gasteiger partial charge is 0.554 e. The van der Waals surface area contributed by atoms with E-state index in [4.69, 9.17) is 0 Å². The Morgan fingerprint density at radius 1 is 1.33 bits per heavy atom. The molecule has 0 spiro atoms. The van der Waals surface area contributed by atoms with Crippen LogP contribution in [0.15, 0.2) is 11.9 Å². The summed E-state index contributed by atoms with van der Waals surface area (Å²) in [4.78, 5) is 17.3. The van der Waals surface area contributed by atoms with E-state index in [2.05, 4.69) is 0 Å². The molecule has 0 saturated carbocycles. The fourth-order valence-corrected chi connectivity index (χ4v) is 0.277. The maximum Gasteiger partial charge on any atom is 0.554 e. The Bertz CT molecular complexity index is 157. The van der Waals surface area contributed by atoms with Crippen molar-refractivity contribution in [3.05, 3.63) is 32.1 Å². The predicted octanol–water partition coefficient (Wildman–Crippen LogP) is 0.401. The number of rotatable bonds is 2. The summed E-state index contributed by atoms with van der Waals surface area (Å²) in [5.41, 5.74) is 0. The number of nitro groups is 2. The van der Waals surface area contributed by atoms with Gasteiger partial charge in [0.25, 0.3) is 0 Å². The summed E-state index contributed by atoms with van der Waals surface area (Å²) in [5.74, 6) is -0.991. The third-order valence-corrected chi connectivity index (χ3v) is 0.632. The molecule has 0 aliphatic rings. The zero-order valence-electron chi connectivity index (χ0n) is 4.60. The van der Waals surface area contributed by atoms with Gasteiger partial charge in [-0.1, -0.05) is 0 Å². The molecule has 0 aromatic carbocycles. The van der Waals surface area contributed by atoms with E-state index >= 15 is 0 Å². The van der Waals surface area contributed by atoms with Gasteiger partial charge in [0.15, 0.2) is 0 Å². The van der Waals surface area contributed by atoms with Crippen LogP contribution in [0.1, 0.15) is 6.92 Å². The fraction of sp³-hybridized carbons (Fsp3) is 0.333. The SMILES string of the molecule is CC=C([N+](=O)[O-])[N+](=O)[O-]. The summed E-state index contributed by atoms with van der Waals surface area (Å²) in [6.45, 7) is 1.24. The van der Waals surface area contributed by atoms with Crippen molar-refractivity contribution in [1.29, 1.82) is 0 Å². The zero-order valence-corrected chi connectivity index (χ0v) is 4.60. The van der Waals surface area contributed by atoms with Gasteiger partial charge in [0.2, 0.25) is 0 Å². The molecule has 0 bridgehead atoms. The van der Waals surface area contributed by atoms with Crippen LogP contribution in [-0.4, -0.2) is 9.85 Å². The summed E-state index contributed by atoms with van der Waals surface area (Å²) in [5, 5.41) is 19.3. The quantitative estimate of drug-likeness (QED) is 0.402. The lowest BCUT2D eigenvalue weighted by molar-refractivity contribution is -0.616. The van der Waals surface area contributed by atoms with Crippen LogP contribution in [0.5, 0.6) is 0 Å². The topological polar surface area (TPSA) is 86.3 Å². The van der Waals surface area contributed by atoms with E-state index in [0.29, 0.717) is 0 Å². The number of allylic oxidation sites excluding steroid dienone is 1. The first kappa shape index (κ1) is 7.54. The van der Waals surface area contributed by atoms with Gasteiger partial charge in [-0.3, -0.25) is 20.2 Å². The van der Waals surface area contributed by atoms with Crippen LogP contribution in [0.2, 0.25) is 0 Å². The van der Waals surface area contributed by atoms with E-state index in [0.717, 1.165) is 6.08 Å². The second-order valence-electron chi connectivity index (χ2n) is 1.16. The third kappa shape index (κ3) is 1.85. The maximum atomic E-state index is 9.67. The summed E-state index contributed by atoms with van der Waals surface area (Å²) in [6, 6.07) is 0. The lowest BCUT2D eigenvalue weighted by atomic mass is 10.6. The Balaban J connectivity index is 4.38. The van der Waals surface area contributed by atoms with Crippen molar-refractivity contribution < 1.29 is 9.85 Å². The first-order valence-corrected chi connectivity index (χ1v) is 2.04. The number of nitrogens with zero attached hydrogens (tertiary/aromatic N) is 2. The highest BCUT2D eigenvalue weighted by Crippen LogP contribution is 1.93. The van der Waals surface area contributed by atoms with Crippen molar-refractivity contribution >= 4 is 0 Å². The van der Waals surface area contributed by atoms with Gasteiger partial charge >= 0.3 is 5.82 Å². The van der Waals surface area contributed by atoms with Crippen LogP contribution < -0.4 is 0 Å². The number of hydrogen-bond acceptors (Lipinski definition) is 4. The highest BCUT2D eigenvalue weighted by molar-refractivity contribution is 4.74. The molecule has 0 aliphatic heterocycles. The van der Waals surface area contributed by atoms with Crippen LogP contribution in [-0.2, 0) is 0 Å². The second-order valence-corrected chi connectivity index (χ2v) is 1.16. The molecule has 6 nitrogen and oxygen atoms in total. The Hall–Kier alpha value is -1.46. The molecule has 50 valence electrons. The first-order valence-electron chi connectivity index (χ1n) is 2.04. The van der Waals surface area contributed by atoms with Crippen molar-refractivity contribution in [3.63, 3.8) is 0 Å². The minimum Gasteiger partial charge on any atom is -0.253 e.